The van der Waals surface area contributed by atoms with E-state index in [0.29, 0.717) is 5.02 Å². The zero-order chi connectivity index (χ0) is 47.4. The molecule has 6 heteroatoms. The van der Waals surface area contributed by atoms with Crippen molar-refractivity contribution in [3.8, 4) is 39.1 Å². The van der Waals surface area contributed by atoms with Crippen LogP contribution in [0.25, 0.3) is 82.8 Å². The molecule has 0 spiro atoms. The summed E-state index contributed by atoms with van der Waals surface area (Å²) in [6.07, 6.45) is 0. The fraction of sp³-hybridized carbons (Fsp3) is 0. The van der Waals surface area contributed by atoms with Crippen molar-refractivity contribution in [1.29, 1.82) is 0 Å². The second-order valence-electron chi connectivity index (χ2n) is 18.9. The molecule has 72 heavy (non-hydrogen) atoms. The molecule has 0 saturated heterocycles. The first-order chi connectivity index (χ1) is 35.7. The largest absolute Gasteiger partial charge is 0.456 e. The standard InChI is InChI=1S/C66H41BClN3O/c68-46-36-37-52-57(40-46)70(53-31-15-10-26-47(53)43-22-6-2-7-23-43)59-38-45(42-20-4-1-5-21-42)39-60-64(59)67(52)65-61(71(60)54-32-16-11-27-48(54)44-24-8-3-9-25-44)41-58(63-51-30-14-19-35-62(51)72-66(63)65)69-55-33-17-12-28-49(55)50-29-13-18-34-56(50)69/h1-41H. The molecular weight excluding hydrogens is 897 g/mol. The van der Waals surface area contributed by atoms with Gasteiger partial charge in [-0.2, -0.15) is 0 Å². The molecule has 0 aliphatic carbocycles. The van der Waals surface area contributed by atoms with Crippen LogP contribution in [0.1, 0.15) is 0 Å². The zero-order valence-electron chi connectivity index (χ0n) is 38.9. The number of benzene rings is 11. The molecule has 11 aromatic carbocycles. The van der Waals surface area contributed by atoms with Gasteiger partial charge in [0.1, 0.15) is 11.2 Å². The van der Waals surface area contributed by atoms with Gasteiger partial charge in [-0.3, -0.25) is 0 Å². The highest BCUT2D eigenvalue weighted by Crippen LogP contribution is 2.52. The SMILES string of the molecule is Clc1ccc2c(c1)N(c1ccccc1-c1ccccc1)c1cc(-c3ccccc3)cc3c1B2c1c(cc(-n2c4ccccc4c4ccccc42)c2c1oc1ccccc12)N3c1ccccc1-c1ccccc1. The van der Waals surface area contributed by atoms with Gasteiger partial charge in [-0.1, -0.05) is 200 Å². The molecule has 0 amide bonds. The highest BCUT2D eigenvalue weighted by atomic mass is 35.5. The fourth-order valence-corrected chi connectivity index (χ4v) is 12.2. The van der Waals surface area contributed by atoms with Gasteiger partial charge in [0.15, 0.2) is 0 Å². The Morgan fingerprint density at radius 2 is 0.833 bits per heavy atom. The van der Waals surface area contributed by atoms with Crippen molar-refractivity contribution >= 4 is 113 Å². The van der Waals surface area contributed by atoms with Gasteiger partial charge in [0, 0.05) is 55.1 Å². The molecule has 336 valence electrons. The van der Waals surface area contributed by atoms with Crippen molar-refractivity contribution in [2.45, 2.75) is 0 Å². The van der Waals surface area contributed by atoms with E-state index in [0.717, 1.165) is 117 Å². The first kappa shape index (κ1) is 40.8. The van der Waals surface area contributed by atoms with Gasteiger partial charge < -0.3 is 18.8 Å². The maximum atomic E-state index is 7.46. The first-order valence-electron chi connectivity index (χ1n) is 24.6. The number of aromatic nitrogens is 1. The lowest BCUT2D eigenvalue weighted by molar-refractivity contribution is 0.671. The van der Waals surface area contributed by atoms with E-state index in [4.69, 9.17) is 16.0 Å². The van der Waals surface area contributed by atoms with Crippen molar-refractivity contribution in [3.05, 3.63) is 254 Å². The van der Waals surface area contributed by atoms with Gasteiger partial charge >= 0.3 is 0 Å². The number of hydrogen-bond acceptors (Lipinski definition) is 3. The van der Waals surface area contributed by atoms with Crippen LogP contribution in [0.3, 0.4) is 0 Å². The second kappa shape index (κ2) is 16.0. The predicted octanol–water partition coefficient (Wildman–Crippen LogP) is 16.4. The summed E-state index contributed by atoms with van der Waals surface area (Å²) in [5, 5.41) is 5.22. The molecule has 2 aliphatic heterocycles. The minimum absolute atomic E-state index is 0.266. The highest BCUT2D eigenvalue weighted by Gasteiger charge is 2.47. The topological polar surface area (TPSA) is 24.6 Å². The molecule has 4 nitrogen and oxygen atoms in total. The van der Waals surface area contributed by atoms with E-state index < -0.39 is 0 Å². The molecule has 15 rings (SSSR count). The van der Waals surface area contributed by atoms with Crippen LogP contribution in [-0.2, 0) is 0 Å². The molecule has 2 aromatic heterocycles. The zero-order valence-corrected chi connectivity index (χ0v) is 39.6. The van der Waals surface area contributed by atoms with Crippen LogP contribution in [0.15, 0.2) is 253 Å². The summed E-state index contributed by atoms with van der Waals surface area (Å²) in [6.45, 7) is -0.266. The number of nitrogens with zero attached hydrogens (tertiary/aromatic N) is 3. The average Bonchev–Trinajstić information content (AvgIpc) is 4.00. The van der Waals surface area contributed by atoms with Crippen LogP contribution in [0.2, 0.25) is 5.02 Å². The Kier molecular flexibility index (Phi) is 9.08. The molecule has 0 saturated carbocycles. The van der Waals surface area contributed by atoms with Crippen molar-refractivity contribution in [2.75, 3.05) is 9.80 Å². The van der Waals surface area contributed by atoms with Gasteiger partial charge in [-0.15, -0.1) is 0 Å². The summed E-state index contributed by atoms with van der Waals surface area (Å²) in [5.74, 6) is 0. The summed E-state index contributed by atoms with van der Waals surface area (Å²) < 4.78 is 9.93. The quantitative estimate of drug-likeness (QED) is 0.155. The van der Waals surface area contributed by atoms with Gasteiger partial charge in [0.2, 0.25) is 0 Å². The fourth-order valence-electron chi connectivity index (χ4n) is 12.0. The van der Waals surface area contributed by atoms with E-state index in [9.17, 15) is 0 Å². The van der Waals surface area contributed by atoms with Crippen LogP contribution in [0.5, 0.6) is 0 Å². The number of halogens is 1. The Morgan fingerprint density at radius 3 is 1.44 bits per heavy atom. The molecule has 0 fully saturated rings. The lowest BCUT2D eigenvalue weighted by atomic mass is 9.33. The molecule has 0 atom stereocenters. The summed E-state index contributed by atoms with van der Waals surface area (Å²) in [5.41, 5.74) is 21.6. The maximum absolute atomic E-state index is 7.46. The Morgan fingerprint density at radius 1 is 0.347 bits per heavy atom. The smallest absolute Gasteiger partial charge is 0.257 e. The van der Waals surface area contributed by atoms with E-state index in [-0.39, 0.29) is 6.71 Å². The molecule has 13 aromatic rings. The molecular formula is C66H41BClN3O. The van der Waals surface area contributed by atoms with Gasteiger partial charge in [0.05, 0.1) is 33.5 Å². The Balaban J connectivity index is 1.15. The van der Waals surface area contributed by atoms with Gasteiger partial charge in [-0.25, -0.2) is 0 Å². The van der Waals surface area contributed by atoms with Gasteiger partial charge in [0.25, 0.3) is 6.71 Å². The second-order valence-corrected chi connectivity index (χ2v) is 19.3. The van der Waals surface area contributed by atoms with Gasteiger partial charge in [-0.05, 0) is 99.3 Å². The van der Waals surface area contributed by atoms with E-state index in [1.165, 1.54) is 16.2 Å². The molecule has 4 heterocycles. The molecule has 0 N–H and O–H groups in total. The lowest BCUT2D eigenvalue weighted by Gasteiger charge is -2.45. The normalized spacial score (nSPS) is 12.7. The lowest BCUT2D eigenvalue weighted by Crippen LogP contribution is -2.61. The van der Waals surface area contributed by atoms with E-state index >= 15 is 0 Å². The van der Waals surface area contributed by atoms with E-state index in [1.807, 2.05) is 0 Å². The van der Waals surface area contributed by atoms with Crippen molar-refractivity contribution in [3.63, 3.8) is 0 Å². The summed E-state index contributed by atoms with van der Waals surface area (Å²) in [7, 11) is 0. The average molecular weight is 938 g/mol. The number of rotatable bonds is 6. The highest BCUT2D eigenvalue weighted by molar-refractivity contribution is 7.01. The van der Waals surface area contributed by atoms with Crippen LogP contribution in [-0.4, -0.2) is 11.3 Å². The monoisotopic (exact) mass is 937 g/mol. The number of fused-ring (bicyclic) bond motifs is 11. The molecule has 0 unspecified atom stereocenters. The summed E-state index contributed by atoms with van der Waals surface area (Å²) in [6, 6.07) is 89.9. The van der Waals surface area contributed by atoms with Crippen molar-refractivity contribution < 1.29 is 4.42 Å². The van der Waals surface area contributed by atoms with Crippen LogP contribution in [0, 0.1) is 0 Å². The van der Waals surface area contributed by atoms with E-state index in [1.54, 1.807) is 0 Å². The Bertz CT molecular complexity index is 4260. The maximum Gasteiger partial charge on any atom is 0.257 e. The Hall–Kier alpha value is -9.03. The Labute approximate surface area is 421 Å². The van der Waals surface area contributed by atoms with E-state index in [2.05, 4.69) is 263 Å². The summed E-state index contributed by atoms with van der Waals surface area (Å²) >= 11 is 7.22. The molecule has 2 aliphatic rings. The first-order valence-corrected chi connectivity index (χ1v) is 24.9. The predicted molar refractivity (Wildman–Crippen MR) is 303 cm³/mol. The van der Waals surface area contributed by atoms with Crippen molar-refractivity contribution in [2.24, 2.45) is 0 Å². The number of hydrogen-bond donors (Lipinski definition) is 0. The third-order valence-corrected chi connectivity index (χ3v) is 15.2. The van der Waals surface area contributed by atoms with Crippen LogP contribution >= 0.6 is 11.6 Å². The third kappa shape index (κ3) is 6.01. The summed E-state index contributed by atoms with van der Waals surface area (Å²) in [4.78, 5) is 5.02. The van der Waals surface area contributed by atoms with Crippen LogP contribution in [0.4, 0.5) is 34.1 Å². The number of anilines is 6. The van der Waals surface area contributed by atoms with Crippen molar-refractivity contribution in [1.82, 2.24) is 4.57 Å². The number of furan rings is 1. The molecule has 0 radical (unpaired) electrons. The molecule has 0 bridgehead atoms. The van der Waals surface area contributed by atoms with Crippen LogP contribution < -0.4 is 26.2 Å². The number of para-hydroxylation sites is 5. The minimum atomic E-state index is -0.266. The third-order valence-electron chi connectivity index (χ3n) is 15.0. The minimum Gasteiger partial charge on any atom is -0.456 e.